The molecule has 2 aromatic carbocycles. The molecule has 0 bridgehead atoms. The third-order valence-corrected chi connectivity index (χ3v) is 4.27. The Morgan fingerprint density at radius 3 is 2.20 bits per heavy atom. The zero-order valence-corrected chi connectivity index (χ0v) is 14.0. The second-order valence-corrected chi connectivity index (χ2v) is 6.04. The van der Waals surface area contributed by atoms with E-state index in [1.807, 2.05) is 31.2 Å². The van der Waals surface area contributed by atoms with Crippen LogP contribution in [0.25, 0.3) is 0 Å². The average Bonchev–Trinajstić information content (AvgIpc) is 2.61. The molecule has 0 N–H and O–H groups in total. The Morgan fingerprint density at radius 1 is 1.00 bits per heavy atom. The summed E-state index contributed by atoms with van der Waals surface area (Å²) in [6.07, 6.45) is 0. The van der Waals surface area contributed by atoms with Crippen LogP contribution < -0.4 is 9.64 Å². The van der Waals surface area contributed by atoms with E-state index in [1.165, 1.54) is 18.2 Å². The molecular formula is C19H20F2N2O2. The summed E-state index contributed by atoms with van der Waals surface area (Å²) in [5.74, 6) is -0.648. The minimum atomic E-state index is -0.581. The summed E-state index contributed by atoms with van der Waals surface area (Å²) in [4.78, 5) is 15.5. The minimum Gasteiger partial charge on any atom is -0.484 e. The number of hydrogen-bond acceptors (Lipinski definition) is 3. The van der Waals surface area contributed by atoms with E-state index in [0.29, 0.717) is 31.9 Å². The number of carbonyl (C=O) groups excluding carboxylic acids is 1. The predicted octanol–water partition coefficient (Wildman–Crippen LogP) is 3.00. The first-order valence-corrected chi connectivity index (χ1v) is 8.21. The number of benzene rings is 2. The number of piperazine rings is 1. The lowest BCUT2D eigenvalue weighted by Gasteiger charge is -2.36. The molecule has 1 aliphatic heterocycles. The van der Waals surface area contributed by atoms with E-state index in [1.54, 1.807) is 9.80 Å². The van der Waals surface area contributed by atoms with Gasteiger partial charge in [0, 0.05) is 26.2 Å². The van der Waals surface area contributed by atoms with Gasteiger partial charge >= 0.3 is 0 Å². The smallest absolute Gasteiger partial charge is 0.260 e. The molecule has 1 amide bonds. The van der Waals surface area contributed by atoms with Crippen molar-refractivity contribution in [3.8, 4) is 5.75 Å². The van der Waals surface area contributed by atoms with E-state index < -0.39 is 11.6 Å². The number of carbonyl (C=O) groups is 1. The SMILES string of the molecule is Cc1ccc(OCC(=O)N2CCN(c3c(F)cccc3F)CC2)cc1. The van der Waals surface area contributed by atoms with Gasteiger partial charge in [-0.1, -0.05) is 23.8 Å². The van der Waals surface area contributed by atoms with Crippen molar-refractivity contribution in [1.29, 1.82) is 0 Å². The second-order valence-electron chi connectivity index (χ2n) is 6.04. The summed E-state index contributed by atoms with van der Waals surface area (Å²) in [6, 6.07) is 11.3. The summed E-state index contributed by atoms with van der Waals surface area (Å²) in [6.45, 7) is 3.51. The lowest BCUT2D eigenvalue weighted by Crippen LogP contribution is -2.50. The van der Waals surface area contributed by atoms with E-state index >= 15 is 0 Å². The van der Waals surface area contributed by atoms with E-state index in [4.69, 9.17) is 4.74 Å². The molecule has 1 fully saturated rings. The Labute approximate surface area is 145 Å². The molecule has 1 saturated heterocycles. The molecule has 132 valence electrons. The van der Waals surface area contributed by atoms with Crippen molar-refractivity contribution >= 4 is 11.6 Å². The Kier molecular flexibility index (Phi) is 5.16. The summed E-state index contributed by atoms with van der Waals surface area (Å²) in [7, 11) is 0. The van der Waals surface area contributed by atoms with Crippen LogP contribution in [-0.4, -0.2) is 43.6 Å². The van der Waals surface area contributed by atoms with Crippen molar-refractivity contribution in [1.82, 2.24) is 4.90 Å². The molecule has 0 unspecified atom stereocenters. The van der Waals surface area contributed by atoms with E-state index in [2.05, 4.69) is 0 Å². The maximum atomic E-state index is 13.8. The monoisotopic (exact) mass is 346 g/mol. The number of amides is 1. The molecule has 1 aliphatic rings. The number of ether oxygens (including phenoxy) is 1. The molecule has 3 rings (SSSR count). The van der Waals surface area contributed by atoms with Gasteiger partial charge in [0.1, 0.15) is 23.1 Å². The fourth-order valence-electron chi connectivity index (χ4n) is 2.84. The number of anilines is 1. The van der Waals surface area contributed by atoms with Gasteiger partial charge in [-0.25, -0.2) is 8.78 Å². The molecule has 0 radical (unpaired) electrons. The van der Waals surface area contributed by atoms with Gasteiger partial charge in [0.25, 0.3) is 5.91 Å². The summed E-state index contributed by atoms with van der Waals surface area (Å²) in [5.41, 5.74) is 1.10. The fraction of sp³-hybridized carbons (Fsp3) is 0.316. The zero-order valence-electron chi connectivity index (χ0n) is 14.0. The first kappa shape index (κ1) is 17.2. The Morgan fingerprint density at radius 2 is 1.60 bits per heavy atom. The molecule has 2 aromatic rings. The fourth-order valence-corrected chi connectivity index (χ4v) is 2.84. The summed E-state index contributed by atoms with van der Waals surface area (Å²) < 4.78 is 33.2. The second kappa shape index (κ2) is 7.51. The van der Waals surface area contributed by atoms with Crippen LogP contribution in [0.4, 0.5) is 14.5 Å². The molecule has 0 aliphatic carbocycles. The quantitative estimate of drug-likeness (QED) is 0.853. The molecule has 25 heavy (non-hydrogen) atoms. The Hall–Kier alpha value is -2.63. The predicted molar refractivity (Wildman–Crippen MR) is 91.8 cm³/mol. The lowest BCUT2D eigenvalue weighted by molar-refractivity contribution is -0.133. The molecule has 1 heterocycles. The van der Waals surface area contributed by atoms with Gasteiger partial charge in [-0.2, -0.15) is 0 Å². The molecule has 0 aromatic heterocycles. The average molecular weight is 346 g/mol. The Bertz CT molecular complexity index is 721. The number of para-hydroxylation sites is 1. The summed E-state index contributed by atoms with van der Waals surface area (Å²) in [5, 5.41) is 0. The van der Waals surface area contributed by atoms with Gasteiger partial charge in [-0.05, 0) is 31.2 Å². The van der Waals surface area contributed by atoms with Crippen LogP contribution in [0.15, 0.2) is 42.5 Å². The minimum absolute atomic E-state index is 0.0227. The maximum absolute atomic E-state index is 13.8. The molecule has 0 saturated carbocycles. The standard InChI is InChI=1S/C19H20F2N2O2/c1-14-5-7-15(8-6-14)25-13-18(24)22-9-11-23(12-10-22)19-16(20)3-2-4-17(19)21/h2-8H,9-13H2,1H3. The highest BCUT2D eigenvalue weighted by Gasteiger charge is 2.24. The van der Waals surface area contributed by atoms with Crippen molar-refractivity contribution in [3.05, 3.63) is 59.7 Å². The number of halogens is 2. The highest BCUT2D eigenvalue weighted by molar-refractivity contribution is 5.78. The number of rotatable bonds is 4. The van der Waals surface area contributed by atoms with Crippen LogP contribution in [0.1, 0.15) is 5.56 Å². The van der Waals surface area contributed by atoms with Gasteiger partial charge in [0.05, 0.1) is 0 Å². The van der Waals surface area contributed by atoms with Gasteiger partial charge in [0.15, 0.2) is 6.61 Å². The van der Waals surface area contributed by atoms with Crippen LogP contribution in [-0.2, 0) is 4.79 Å². The van der Waals surface area contributed by atoms with Gasteiger partial charge in [-0.15, -0.1) is 0 Å². The maximum Gasteiger partial charge on any atom is 0.260 e. The molecule has 0 atom stereocenters. The highest BCUT2D eigenvalue weighted by Crippen LogP contribution is 2.24. The van der Waals surface area contributed by atoms with Crippen molar-refractivity contribution in [2.45, 2.75) is 6.92 Å². The van der Waals surface area contributed by atoms with Crippen molar-refractivity contribution in [2.24, 2.45) is 0 Å². The Balaban J connectivity index is 1.53. The van der Waals surface area contributed by atoms with Crippen molar-refractivity contribution in [3.63, 3.8) is 0 Å². The molecule has 0 spiro atoms. The van der Waals surface area contributed by atoms with Crippen LogP contribution in [0, 0.1) is 18.6 Å². The van der Waals surface area contributed by atoms with Gasteiger partial charge in [0.2, 0.25) is 0 Å². The normalized spacial score (nSPS) is 14.5. The van der Waals surface area contributed by atoms with Crippen LogP contribution in [0.3, 0.4) is 0 Å². The van der Waals surface area contributed by atoms with Gasteiger partial charge < -0.3 is 14.5 Å². The first-order chi connectivity index (χ1) is 12.0. The number of aryl methyl sites for hydroxylation is 1. The number of hydrogen-bond donors (Lipinski definition) is 0. The molecule has 6 heteroatoms. The van der Waals surface area contributed by atoms with E-state index in [-0.39, 0.29) is 18.2 Å². The zero-order chi connectivity index (χ0) is 17.8. The van der Waals surface area contributed by atoms with Crippen molar-refractivity contribution < 1.29 is 18.3 Å². The largest absolute Gasteiger partial charge is 0.484 e. The molecule has 4 nitrogen and oxygen atoms in total. The van der Waals surface area contributed by atoms with Gasteiger partial charge in [-0.3, -0.25) is 4.79 Å². The van der Waals surface area contributed by atoms with Crippen LogP contribution in [0.2, 0.25) is 0 Å². The van der Waals surface area contributed by atoms with Crippen molar-refractivity contribution in [2.75, 3.05) is 37.7 Å². The first-order valence-electron chi connectivity index (χ1n) is 8.21. The summed E-state index contributed by atoms with van der Waals surface area (Å²) >= 11 is 0. The third kappa shape index (κ3) is 4.07. The lowest BCUT2D eigenvalue weighted by atomic mass is 10.2. The van der Waals surface area contributed by atoms with E-state index in [0.717, 1.165) is 5.56 Å². The van der Waals surface area contributed by atoms with E-state index in [9.17, 15) is 13.6 Å². The highest BCUT2D eigenvalue weighted by atomic mass is 19.1. The third-order valence-electron chi connectivity index (χ3n) is 4.27. The topological polar surface area (TPSA) is 32.8 Å². The molecular weight excluding hydrogens is 326 g/mol. The van der Waals surface area contributed by atoms with Crippen LogP contribution in [0.5, 0.6) is 5.75 Å². The van der Waals surface area contributed by atoms with Crippen LogP contribution >= 0.6 is 0 Å². The number of nitrogens with zero attached hydrogens (tertiary/aromatic N) is 2.